The Labute approximate surface area is 143 Å². The lowest BCUT2D eigenvalue weighted by Gasteiger charge is -2.26. The molecule has 4 heteroatoms. The molecule has 0 N–H and O–H groups in total. The highest BCUT2D eigenvalue weighted by Crippen LogP contribution is 2.30. The standard InChI is InChI=1S/C20H24N2O2/c1-3-22-15-9-14-19(22)24-20(23)21(2)18-13-8-7-12-17(18)16-10-5-4-6-11-16/h4-8,10-13,19H,3,9,14-15H2,1-2H3/t19-/m0/s1. The van der Waals surface area contributed by atoms with Crippen molar-refractivity contribution in [2.24, 2.45) is 0 Å². The number of hydrogen-bond donors (Lipinski definition) is 0. The number of amides is 1. The SMILES string of the molecule is CCN1CCC[C@@H]1OC(=O)N(C)c1ccccc1-c1ccccc1. The smallest absolute Gasteiger partial charge is 0.415 e. The van der Waals surface area contributed by atoms with E-state index >= 15 is 0 Å². The van der Waals surface area contributed by atoms with Crippen LogP contribution in [0.15, 0.2) is 54.6 Å². The number of para-hydroxylation sites is 1. The molecule has 126 valence electrons. The Hall–Kier alpha value is -2.33. The molecule has 3 rings (SSSR count). The molecule has 24 heavy (non-hydrogen) atoms. The lowest BCUT2D eigenvalue weighted by atomic mass is 10.0. The average molecular weight is 324 g/mol. The number of carbonyl (C=O) groups excluding carboxylic acids is 1. The van der Waals surface area contributed by atoms with Gasteiger partial charge in [-0.05, 0) is 31.0 Å². The van der Waals surface area contributed by atoms with Crippen molar-refractivity contribution in [3.8, 4) is 11.1 Å². The van der Waals surface area contributed by atoms with Gasteiger partial charge in [0.05, 0.1) is 5.69 Å². The van der Waals surface area contributed by atoms with E-state index in [1.807, 2.05) is 54.6 Å². The first-order valence-electron chi connectivity index (χ1n) is 8.53. The van der Waals surface area contributed by atoms with Gasteiger partial charge in [0.2, 0.25) is 0 Å². The van der Waals surface area contributed by atoms with Crippen molar-refractivity contribution in [2.75, 3.05) is 25.0 Å². The number of benzene rings is 2. The number of hydrogen-bond acceptors (Lipinski definition) is 3. The second kappa shape index (κ2) is 7.49. The first kappa shape index (κ1) is 16.5. The largest absolute Gasteiger partial charge is 0.430 e. The Morgan fingerprint density at radius 1 is 1.17 bits per heavy atom. The number of nitrogens with zero attached hydrogens (tertiary/aromatic N) is 2. The van der Waals surface area contributed by atoms with Gasteiger partial charge in [0.1, 0.15) is 0 Å². The maximum atomic E-state index is 12.6. The van der Waals surface area contributed by atoms with E-state index in [-0.39, 0.29) is 12.3 Å². The number of rotatable bonds is 4. The fourth-order valence-electron chi connectivity index (χ4n) is 3.21. The molecule has 1 fully saturated rings. The molecule has 1 amide bonds. The molecule has 0 spiro atoms. The van der Waals surface area contributed by atoms with Crippen LogP contribution in [0.3, 0.4) is 0 Å². The van der Waals surface area contributed by atoms with Gasteiger partial charge in [-0.15, -0.1) is 0 Å². The maximum absolute atomic E-state index is 12.6. The molecule has 1 saturated heterocycles. The zero-order valence-corrected chi connectivity index (χ0v) is 14.3. The Bertz CT molecular complexity index is 687. The predicted octanol–water partition coefficient (Wildman–Crippen LogP) is 4.37. The summed E-state index contributed by atoms with van der Waals surface area (Å²) in [6, 6.07) is 18.0. The van der Waals surface area contributed by atoms with E-state index in [0.717, 1.165) is 42.7 Å². The topological polar surface area (TPSA) is 32.8 Å². The van der Waals surface area contributed by atoms with Crippen LogP contribution in [0.25, 0.3) is 11.1 Å². The van der Waals surface area contributed by atoms with Gasteiger partial charge in [0.15, 0.2) is 6.23 Å². The quantitative estimate of drug-likeness (QED) is 0.837. The Morgan fingerprint density at radius 3 is 2.62 bits per heavy atom. The van der Waals surface area contributed by atoms with Crippen molar-refractivity contribution in [3.63, 3.8) is 0 Å². The minimum atomic E-state index is -0.302. The lowest BCUT2D eigenvalue weighted by Crippen LogP contribution is -2.38. The molecule has 1 atom stereocenters. The van der Waals surface area contributed by atoms with Crippen molar-refractivity contribution in [3.05, 3.63) is 54.6 Å². The third-order valence-electron chi connectivity index (χ3n) is 4.57. The van der Waals surface area contributed by atoms with Crippen LogP contribution >= 0.6 is 0 Å². The maximum Gasteiger partial charge on any atom is 0.415 e. The summed E-state index contributed by atoms with van der Waals surface area (Å²) in [5.74, 6) is 0. The lowest BCUT2D eigenvalue weighted by molar-refractivity contribution is 0.0205. The van der Waals surface area contributed by atoms with Crippen LogP contribution in [0.4, 0.5) is 10.5 Å². The van der Waals surface area contributed by atoms with Crippen molar-refractivity contribution >= 4 is 11.8 Å². The minimum Gasteiger partial charge on any atom is -0.430 e. The van der Waals surface area contributed by atoms with Gasteiger partial charge in [0, 0.05) is 19.2 Å². The molecule has 0 bridgehead atoms. The number of likely N-dealkylation sites (tertiary alicyclic amines) is 1. The molecule has 4 nitrogen and oxygen atoms in total. The second-order valence-corrected chi connectivity index (χ2v) is 6.05. The summed E-state index contributed by atoms with van der Waals surface area (Å²) in [4.78, 5) is 16.4. The van der Waals surface area contributed by atoms with Gasteiger partial charge in [-0.2, -0.15) is 0 Å². The van der Waals surface area contributed by atoms with Crippen LogP contribution in [0.1, 0.15) is 19.8 Å². The Kier molecular flexibility index (Phi) is 5.16. The van der Waals surface area contributed by atoms with E-state index < -0.39 is 0 Å². The van der Waals surface area contributed by atoms with Gasteiger partial charge in [-0.1, -0.05) is 55.5 Å². The fourth-order valence-corrected chi connectivity index (χ4v) is 3.21. The molecule has 2 aromatic rings. The molecule has 1 aliphatic heterocycles. The summed E-state index contributed by atoms with van der Waals surface area (Å²) < 4.78 is 5.73. The monoisotopic (exact) mass is 324 g/mol. The minimum absolute atomic E-state index is 0.103. The molecule has 0 radical (unpaired) electrons. The summed E-state index contributed by atoms with van der Waals surface area (Å²) in [7, 11) is 1.77. The van der Waals surface area contributed by atoms with E-state index in [0.29, 0.717) is 0 Å². The first-order chi connectivity index (χ1) is 11.7. The second-order valence-electron chi connectivity index (χ2n) is 6.05. The van der Waals surface area contributed by atoms with Gasteiger partial charge in [-0.3, -0.25) is 9.80 Å². The van der Waals surface area contributed by atoms with Gasteiger partial charge in [-0.25, -0.2) is 4.79 Å². The molecule has 2 aromatic carbocycles. The van der Waals surface area contributed by atoms with Crippen LogP contribution in [0.2, 0.25) is 0 Å². The van der Waals surface area contributed by atoms with Crippen LogP contribution in [-0.2, 0) is 4.74 Å². The number of anilines is 1. The molecule has 0 unspecified atom stereocenters. The Morgan fingerprint density at radius 2 is 1.88 bits per heavy atom. The summed E-state index contributed by atoms with van der Waals surface area (Å²) in [5, 5.41) is 0. The van der Waals surface area contributed by atoms with Crippen molar-refractivity contribution in [2.45, 2.75) is 26.0 Å². The molecule has 0 aliphatic carbocycles. The summed E-state index contributed by atoms with van der Waals surface area (Å²) in [6.07, 6.45) is 1.58. The van der Waals surface area contributed by atoms with Crippen LogP contribution < -0.4 is 4.90 Å². The van der Waals surface area contributed by atoms with E-state index in [2.05, 4.69) is 11.8 Å². The molecular weight excluding hydrogens is 300 g/mol. The van der Waals surface area contributed by atoms with Crippen molar-refractivity contribution < 1.29 is 9.53 Å². The summed E-state index contributed by atoms with van der Waals surface area (Å²) in [6.45, 7) is 4.00. The number of ether oxygens (including phenoxy) is 1. The van der Waals surface area contributed by atoms with E-state index in [1.54, 1.807) is 11.9 Å². The molecular formula is C20H24N2O2. The number of carbonyl (C=O) groups is 1. The molecule has 1 heterocycles. The summed E-state index contributed by atoms with van der Waals surface area (Å²) in [5.41, 5.74) is 2.97. The molecule has 1 aliphatic rings. The first-order valence-corrected chi connectivity index (χ1v) is 8.53. The van der Waals surface area contributed by atoms with E-state index in [1.165, 1.54) is 0 Å². The zero-order valence-electron chi connectivity index (χ0n) is 14.3. The molecule has 0 saturated carbocycles. The third-order valence-corrected chi connectivity index (χ3v) is 4.57. The molecule has 0 aromatic heterocycles. The van der Waals surface area contributed by atoms with Crippen molar-refractivity contribution in [1.29, 1.82) is 0 Å². The van der Waals surface area contributed by atoms with Crippen LogP contribution in [0, 0.1) is 0 Å². The highest BCUT2D eigenvalue weighted by atomic mass is 16.6. The summed E-state index contributed by atoms with van der Waals surface area (Å²) >= 11 is 0. The normalized spacial score (nSPS) is 17.7. The fraction of sp³-hybridized carbons (Fsp3) is 0.350. The average Bonchev–Trinajstić information content (AvgIpc) is 3.09. The third kappa shape index (κ3) is 3.44. The highest BCUT2D eigenvalue weighted by molar-refractivity contribution is 5.93. The van der Waals surface area contributed by atoms with Crippen LogP contribution in [0.5, 0.6) is 0 Å². The van der Waals surface area contributed by atoms with Crippen molar-refractivity contribution in [1.82, 2.24) is 4.90 Å². The van der Waals surface area contributed by atoms with Gasteiger partial charge >= 0.3 is 6.09 Å². The Balaban J connectivity index is 1.80. The highest BCUT2D eigenvalue weighted by Gasteiger charge is 2.28. The van der Waals surface area contributed by atoms with Gasteiger partial charge in [0.25, 0.3) is 0 Å². The predicted molar refractivity (Wildman–Crippen MR) is 97.0 cm³/mol. The van der Waals surface area contributed by atoms with E-state index in [4.69, 9.17) is 4.74 Å². The zero-order chi connectivity index (χ0) is 16.9. The van der Waals surface area contributed by atoms with Crippen LogP contribution in [-0.4, -0.2) is 37.4 Å². The van der Waals surface area contributed by atoms with E-state index in [9.17, 15) is 4.79 Å². The van der Waals surface area contributed by atoms with Gasteiger partial charge < -0.3 is 4.74 Å².